The number of hydrogen-bond donors (Lipinski definition) is 1. The molecule has 0 amide bonds. The number of benzene rings is 2. The molecule has 1 N–H and O–H groups in total. The van der Waals surface area contributed by atoms with E-state index in [-0.39, 0.29) is 5.82 Å². The van der Waals surface area contributed by atoms with Crippen LogP contribution in [0.15, 0.2) is 36.4 Å². The van der Waals surface area contributed by atoms with Gasteiger partial charge in [0.25, 0.3) is 0 Å². The molecule has 3 rings (SSSR count). The number of aromatic amines is 1. The van der Waals surface area contributed by atoms with Crippen molar-refractivity contribution in [1.82, 2.24) is 9.55 Å². The van der Waals surface area contributed by atoms with Gasteiger partial charge in [-0.05, 0) is 42.5 Å². The number of nitrogens with one attached hydrogen (secondary N) is 1. The lowest BCUT2D eigenvalue weighted by atomic mass is 10.2. The van der Waals surface area contributed by atoms with Gasteiger partial charge >= 0.3 is 0 Å². The van der Waals surface area contributed by atoms with Crippen LogP contribution >= 0.6 is 23.8 Å². The van der Waals surface area contributed by atoms with Crippen LogP contribution in [0.2, 0.25) is 5.02 Å². The summed E-state index contributed by atoms with van der Waals surface area (Å²) >= 11 is 11.6. The number of aromatic nitrogens is 2. The fourth-order valence-electron chi connectivity index (χ4n) is 2.33. The number of rotatable bonds is 3. The molecule has 0 atom stereocenters. The highest BCUT2D eigenvalue weighted by Crippen LogP contribution is 2.28. The summed E-state index contributed by atoms with van der Waals surface area (Å²) in [4.78, 5) is 3.00. The van der Waals surface area contributed by atoms with Crippen molar-refractivity contribution in [3.8, 4) is 5.75 Å². The third kappa shape index (κ3) is 2.54. The van der Waals surface area contributed by atoms with E-state index in [1.807, 2.05) is 16.7 Å². The molecule has 0 aliphatic heterocycles. The van der Waals surface area contributed by atoms with Gasteiger partial charge in [-0.15, -0.1) is 0 Å². The maximum atomic E-state index is 13.3. The zero-order chi connectivity index (χ0) is 15.0. The lowest BCUT2D eigenvalue weighted by Crippen LogP contribution is -2.02. The van der Waals surface area contributed by atoms with Crippen molar-refractivity contribution in [1.29, 1.82) is 0 Å². The molecule has 0 spiro atoms. The number of methoxy groups -OCH3 is 1. The van der Waals surface area contributed by atoms with E-state index in [4.69, 9.17) is 28.6 Å². The first-order valence-electron chi connectivity index (χ1n) is 6.29. The summed E-state index contributed by atoms with van der Waals surface area (Å²) in [7, 11) is 1.60. The predicted octanol–water partition coefficient (Wildman–Crippen LogP) is 4.55. The van der Waals surface area contributed by atoms with Crippen LogP contribution in [0.1, 0.15) is 5.56 Å². The first-order chi connectivity index (χ1) is 10.1. The van der Waals surface area contributed by atoms with Crippen molar-refractivity contribution in [3.05, 3.63) is 57.6 Å². The van der Waals surface area contributed by atoms with Crippen LogP contribution in [0, 0.1) is 10.6 Å². The van der Waals surface area contributed by atoms with Crippen LogP contribution in [-0.2, 0) is 6.54 Å². The molecule has 0 saturated carbocycles. The van der Waals surface area contributed by atoms with Gasteiger partial charge in [0.2, 0.25) is 0 Å². The number of nitrogens with zero attached hydrogens (tertiary/aromatic N) is 1. The molecule has 21 heavy (non-hydrogen) atoms. The van der Waals surface area contributed by atoms with Crippen molar-refractivity contribution in [3.63, 3.8) is 0 Å². The molecule has 0 unspecified atom stereocenters. The largest absolute Gasteiger partial charge is 0.496 e. The topological polar surface area (TPSA) is 29.9 Å². The summed E-state index contributed by atoms with van der Waals surface area (Å²) in [5.41, 5.74) is 2.32. The zero-order valence-corrected chi connectivity index (χ0v) is 12.8. The second kappa shape index (κ2) is 5.50. The van der Waals surface area contributed by atoms with Gasteiger partial charge in [0.05, 0.1) is 24.7 Å². The van der Waals surface area contributed by atoms with E-state index >= 15 is 0 Å². The summed E-state index contributed by atoms with van der Waals surface area (Å²) in [5, 5.41) is 0.604. The Balaban J connectivity index is 2.15. The third-order valence-electron chi connectivity index (χ3n) is 3.35. The molecule has 0 saturated heterocycles. The molecule has 1 heterocycles. The summed E-state index contributed by atoms with van der Waals surface area (Å²) < 4.78 is 21.0. The third-order valence-corrected chi connectivity index (χ3v) is 4.02. The van der Waals surface area contributed by atoms with E-state index in [9.17, 15) is 4.39 Å². The van der Waals surface area contributed by atoms with Gasteiger partial charge in [0.15, 0.2) is 4.77 Å². The van der Waals surface area contributed by atoms with Crippen molar-refractivity contribution in [2.75, 3.05) is 7.11 Å². The molecule has 108 valence electrons. The Kier molecular flexibility index (Phi) is 3.69. The number of fused-ring (bicyclic) bond motifs is 1. The van der Waals surface area contributed by atoms with Crippen molar-refractivity contribution in [2.45, 2.75) is 6.54 Å². The van der Waals surface area contributed by atoms with E-state index in [0.717, 1.165) is 11.1 Å². The number of ether oxygens (including phenoxy) is 1. The Morgan fingerprint density at radius 1 is 1.33 bits per heavy atom. The Labute approximate surface area is 130 Å². The fourth-order valence-corrected chi connectivity index (χ4v) is 2.83. The quantitative estimate of drug-likeness (QED) is 0.717. The van der Waals surface area contributed by atoms with Gasteiger partial charge in [-0.3, -0.25) is 0 Å². The van der Waals surface area contributed by atoms with Gasteiger partial charge in [-0.25, -0.2) is 4.39 Å². The first kappa shape index (κ1) is 14.1. The van der Waals surface area contributed by atoms with E-state index in [1.165, 1.54) is 12.1 Å². The molecular formula is C15H12ClFN2OS. The van der Waals surface area contributed by atoms with Crippen LogP contribution in [0.4, 0.5) is 4.39 Å². The molecule has 2 aromatic carbocycles. The lowest BCUT2D eigenvalue weighted by molar-refractivity contribution is 0.408. The highest BCUT2D eigenvalue weighted by Gasteiger charge is 2.12. The summed E-state index contributed by atoms with van der Waals surface area (Å²) in [6.07, 6.45) is 0. The molecule has 3 nitrogen and oxygen atoms in total. The van der Waals surface area contributed by atoms with Crippen LogP contribution in [-0.4, -0.2) is 16.7 Å². The summed E-state index contributed by atoms with van der Waals surface area (Å²) in [6.45, 7) is 0.452. The summed E-state index contributed by atoms with van der Waals surface area (Å²) in [5.74, 6) is 0.391. The molecule has 0 fully saturated rings. The average molecular weight is 323 g/mol. The van der Waals surface area contributed by atoms with Crippen LogP contribution in [0.3, 0.4) is 0 Å². The van der Waals surface area contributed by atoms with Gasteiger partial charge in [0.1, 0.15) is 11.6 Å². The highest BCUT2D eigenvalue weighted by atomic mass is 35.5. The Bertz CT molecular complexity index is 872. The lowest BCUT2D eigenvalue weighted by Gasteiger charge is -2.11. The molecule has 1 aromatic heterocycles. The van der Waals surface area contributed by atoms with Crippen molar-refractivity contribution >= 4 is 34.9 Å². The number of halogens is 2. The van der Waals surface area contributed by atoms with Gasteiger partial charge < -0.3 is 14.3 Å². The smallest absolute Gasteiger partial charge is 0.178 e. The van der Waals surface area contributed by atoms with Gasteiger partial charge in [-0.2, -0.15) is 0 Å². The first-order valence-corrected chi connectivity index (χ1v) is 7.08. The Morgan fingerprint density at radius 2 is 2.14 bits per heavy atom. The van der Waals surface area contributed by atoms with E-state index in [0.29, 0.717) is 27.6 Å². The van der Waals surface area contributed by atoms with Crippen LogP contribution in [0.25, 0.3) is 11.0 Å². The molecule has 3 aromatic rings. The second-order valence-electron chi connectivity index (χ2n) is 4.60. The molecule has 0 aliphatic carbocycles. The minimum absolute atomic E-state index is 0.304. The van der Waals surface area contributed by atoms with Gasteiger partial charge in [-0.1, -0.05) is 17.7 Å². The molecular weight excluding hydrogens is 311 g/mol. The number of H-pyrrole nitrogens is 1. The SMILES string of the molecule is COc1cccc(Cl)c1Cn1c(=S)[nH]c2cc(F)ccc21. The van der Waals surface area contributed by atoms with E-state index in [2.05, 4.69) is 4.98 Å². The minimum Gasteiger partial charge on any atom is -0.496 e. The van der Waals surface area contributed by atoms with Crippen molar-refractivity contribution < 1.29 is 9.13 Å². The second-order valence-corrected chi connectivity index (χ2v) is 5.39. The molecule has 0 bridgehead atoms. The maximum absolute atomic E-state index is 13.3. The Morgan fingerprint density at radius 3 is 2.90 bits per heavy atom. The normalized spacial score (nSPS) is 11.0. The van der Waals surface area contributed by atoms with Crippen molar-refractivity contribution in [2.24, 2.45) is 0 Å². The Hall–Kier alpha value is -1.85. The van der Waals surface area contributed by atoms with Gasteiger partial charge in [0, 0.05) is 10.6 Å². The zero-order valence-electron chi connectivity index (χ0n) is 11.2. The molecule has 0 aliphatic rings. The van der Waals surface area contributed by atoms with Crippen LogP contribution in [0.5, 0.6) is 5.75 Å². The monoisotopic (exact) mass is 322 g/mol. The highest BCUT2D eigenvalue weighted by molar-refractivity contribution is 7.71. The number of hydrogen-bond acceptors (Lipinski definition) is 2. The maximum Gasteiger partial charge on any atom is 0.178 e. The fraction of sp³-hybridized carbons (Fsp3) is 0.133. The van der Waals surface area contributed by atoms with Crippen LogP contribution < -0.4 is 4.74 Å². The molecule has 6 heteroatoms. The average Bonchev–Trinajstić information content (AvgIpc) is 2.76. The van der Waals surface area contributed by atoms with E-state index in [1.54, 1.807) is 19.2 Å². The standard InChI is InChI=1S/C15H12ClFN2OS/c1-20-14-4-2-3-11(16)10(14)8-19-13-6-5-9(17)7-12(13)18-15(19)21/h2-7H,8H2,1H3,(H,18,21). The predicted molar refractivity (Wildman–Crippen MR) is 84.2 cm³/mol. The number of imidazole rings is 1. The van der Waals surface area contributed by atoms with E-state index < -0.39 is 0 Å². The molecule has 0 radical (unpaired) electrons. The minimum atomic E-state index is -0.304. The summed E-state index contributed by atoms with van der Waals surface area (Å²) in [6, 6.07) is 10.0.